The largest absolute Gasteiger partial charge is 0.497 e. The summed E-state index contributed by atoms with van der Waals surface area (Å²) in [5.41, 5.74) is -0.318. The summed E-state index contributed by atoms with van der Waals surface area (Å²) in [5, 5.41) is 6.74. The predicted molar refractivity (Wildman–Crippen MR) is 118 cm³/mol. The predicted octanol–water partition coefficient (Wildman–Crippen LogP) is 3.34. The SMILES string of the molecule is COc1ccc(C2(c3ccc(OC)cc3)NC(=O)N(Cc3nc(-c4ccco4)no3)C2=O)cc1. The van der Waals surface area contributed by atoms with Gasteiger partial charge in [0.15, 0.2) is 11.3 Å². The summed E-state index contributed by atoms with van der Waals surface area (Å²) in [6.07, 6.45) is 1.49. The van der Waals surface area contributed by atoms with Gasteiger partial charge in [-0.25, -0.2) is 4.79 Å². The molecule has 3 heterocycles. The Bertz CT molecular complexity index is 1270. The third-order valence-electron chi connectivity index (χ3n) is 5.65. The minimum absolute atomic E-state index is 0.0927. The van der Waals surface area contributed by atoms with Crippen LogP contribution in [0.25, 0.3) is 11.6 Å². The number of hydrogen-bond acceptors (Lipinski definition) is 8. The second kappa shape index (κ2) is 8.39. The molecule has 4 aromatic rings. The number of benzene rings is 2. The van der Waals surface area contributed by atoms with Crippen molar-refractivity contribution < 1.29 is 28.0 Å². The summed E-state index contributed by atoms with van der Waals surface area (Å²) < 4.78 is 21.0. The fourth-order valence-electron chi connectivity index (χ4n) is 3.92. The molecule has 172 valence electrons. The van der Waals surface area contributed by atoms with Crippen molar-refractivity contribution in [3.8, 4) is 23.1 Å². The number of nitrogens with zero attached hydrogens (tertiary/aromatic N) is 3. The zero-order chi connectivity index (χ0) is 23.7. The maximum Gasteiger partial charge on any atom is 0.326 e. The van der Waals surface area contributed by atoms with E-state index in [4.69, 9.17) is 18.4 Å². The van der Waals surface area contributed by atoms with Crippen LogP contribution < -0.4 is 14.8 Å². The third kappa shape index (κ3) is 3.45. The fourth-order valence-corrected chi connectivity index (χ4v) is 3.92. The van der Waals surface area contributed by atoms with Gasteiger partial charge in [-0.2, -0.15) is 4.98 Å². The van der Waals surface area contributed by atoms with Gasteiger partial charge < -0.3 is 23.7 Å². The Kier molecular flexibility index (Phi) is 5.25. The van der Waals surface area contributed by atoms with Gasteiger partial charge in [0.1, 0.15) is 18.0 Å². The normalized spacial score (nSPS) is 14.8. The Balaban J connectivity index is 1.52. The average molecular weight is 460 g/mol. The number of furan rings is 1. The van der Waals surface area contributed by atoms with E-state index < -0.39 is 17.5 Å². The monoisotopic (exact) mass is 460 g/mol. The zero-order valence-corrected chi connectivity index (χ0v) is 18.3. The van der Waals surface area contributed by atoms with Gasteiger partial charge in [-0.3, -0.25) is 9.69 Å². The van der Waals surface area contributed by atoms with Crippen LogP contribution in [0.4, 0.5) is 4.79 Å². The fraction of sp³-hybridized carbons (Fsp3) is 0.167. The number of methoxy groups -OCH3 is 2. The summed E-state index contributed by atoms with van der Waals surface area (Å²) in [7, 11) is 3.11. The number of imide groups is 1. The van der Waals surface area contributed by atoms with Crippen molar-refractivity contribution in [3.63, 3.8) is 0 Å². The molecule has 0 radical (unpaired) electrons. The van der Waals surface area contributed by atoms with Crippen molar-refractivity contribution in [2.45, 2.75) is 12.1 Å². The standard InChI is InChI=1S/C24H20N4O6/c1-31-17-9-5-15(6-10-17)24(16-7-11-18(32-2)12-8-16)22(29)28(23(30)26-24)14-20-25-21(27-34-20)19-4-3-13-33-19/h3-13H,14H2,1-2H3,(H,26,30). The van der Waals surface area contributed by atoms with Crippen LogP contribution in [0, 0.1) is 0 Å². The van der Waals surface area contributed by atoms with Crippen LogP contribution in [-0.2, 0) is 16.9 Å². The number of carbonyl (C=O) groups is 2. The highest BCUT2D eigenvalue weighted by Crippen LogP contribution is 2.38. The second-order valence-electron chi connectivity index (χ2n) is 7.52. The first-order chi connectivity index (χ1) is 16.5. The molecule has 1 aliphatic rings. The summed E-state index contributed by atoms with van der Waals surface area (Å²) in [4.78, 5) is 32.2. The molecule has 0 aliphatic carbocycles. The lowest BCUT2D eigenvalue weighted by atomic mass is 9.82. The topological polar surface area (TPSA) is 120 Å². The van der Waals surface area contributed by atoms with E-state index in [0.717, 1.165) is 4.90 Å². The lowest BCUT2D eigenvalue weighted by Crippen LogP contribution is -2.45. The highest BCUT2D eigenvalue weighted by molar-refractivity contribution is 6.09. The van der Waals surface area contributed by atoms with Crippen molar-refractivity contribution in [3.05, 3.63) is 83.9 Å². The number of urea groups is 1. The van der Waals surface area contributed by atoms with Crippen LogP contribution in [0.3, 0.4) is 0 Å². The Morgan fingerprint density at radius 2 is 1.56 bits per heavy atom. The van der Waals surface area contributed by atoms with Gasteiger partial charge in [0.2, 0.25) is 11.7 Å². The molecule has 0 spiro atoms. The van der Waals surface area contributed by atoms with Crippen molar-refractivity contribution in [1.82, 2.24) is 20.4 Å². The van der Waals surface area contributed by atoms with Crippen LogP contribution in [0.2, 0.25) is 0 Å². The molecule has 2 aromatic carbocycles. The lowest BCUT2D eigenvalue weighted by molar-refractivity contribution is -0.130. The van der Waals surface area contributed by atoms with Crippen LogP contribution in [0.1, 0.15) is 17.0 Å². The highest BCUT2D eigenvalue weighted by atomic mass is 16.5. The van der Waals surface area contributed by atoms with Crippen LogP contribution in [-0.4, -0.2) is 41.2 Å². The van der Waals surface area contributed by atoms with Gasteiger partial charge in [0, 0.05) is 0 Å². The molecule has 34 heavy (non-hydrogen) atoms. The molecule has 1 N–H and O–H groups in total. The smallest absolute Gasteiger partial charge is 0.326 e. The molecule has 10 heteroatoms. The van der Waals surface area contributed by atoms with Crippen molar-refractivity contribution in [2.75, 3.05) is 14.2 Å². The maximum atomic E-state index is 13.9. The minimum atomic E-state index is -1.46. The first-order valence-corrected chi connectivity index (χ1v) is 10.3. The molecule has 0 bridgehead atoms. The van der Waals surface area contributed by atoms with E-state index >= 15 is 0 Å². The molecule has 10 nitrogen and oxygen atoms in total. The first kappa shape index (κ1) is 21.3. The Hall–Kier alpha value is -4.60. The van der Waals surface area contributed by atoms with Crippen LogP contribution >= 0.6 is 0 Å². The second-order valence-corrected chi connectivity index (χ2v) is 7.52. The Morgan fingerprint density at radius 1 is 0.941 bits per heavy atom. The molecule has 3 amide bonds. The first-order valence-electron chi connectivity index (χ1n) is 10.3. The van der Waals surface area contributed by atoms with Gasteiger partial charge in [-0.15, -0.1) is 0 Å². The van der Waals surface area contributed by atoms with Gasteiger partial charge in [0.05, 0.1) is 20.5 Å². The van der Waals surface area contributed by atoms with Gasteiger partial charge in [0.25, 0.3) is 5.91 Å². The van der Waals surface area contributed by atoms with E-state index in [1.54, 1.807) is 74.9 Å². The molecule has 0 saturated carbocycles. The number of hydrogen-bond donors (Lipinski definition) is 1. The van der Waals surface area contributed by atoms with Gasteiger partial charge in [-0.1, -0.05) is 29.4 Å². The van der Waals surface area contributed by atoms with Crippen molar-refractivity contribution >= 4 is 11.9 Å². The summed E-state index contributed by atoms with van der Waals surface area (Å²) in [5.74, 6) is 1.50. The average Bonchev–Trinajstić information content (AvgIpc) is 3.62. The van der Waals surface area contributed by atoms with E-state index in [-0.39, 0.29) is 18.3 Å². The summed E-state index contributed by atoms with van der Waals surface area (Å²) in [6.45, 7) is -0.202. The summed E-state index contributed by atoms with van der Waals surface area (Å²) >= 11 is 0. The highest BCUT2D eigenvalue weighted by Gasteiger charge is 2.54. The molecule has 0 atom stereocenters. The van der Waals surface area contributed by atoms with Gasteiger partial charge >= 0.3 is 6.03 Å². The zero-order valence-electron chi connectivity index (χ0n) is 18.3. The molecule has 2 aromatic heterocycles. The number of aromatic nitrogens is 2. The lowest BCUT2D eigenvalue weighted by Gasteiger charge is -2.28. The van der Waals surface area contributed by atoms with E-state index in [1.165, 1.54) is 6.26 Å². The van der Waals surface area contributed by atoms with Crippen molar-refractivity contribution in [1.29, 1.82) is 0 Å². The molecular weight excluding hydrogens is 440 g/mol. The molecule has 5 rings (SSSR count). The van der Waals surface area contributed by atoms with Gasteiger partial charge in [-0.05, 0) is 47.5 Å². The molecule has 1 fully saturated rings. The van der Waals surface area contributed by atoms with Crippen LogP contribution in [0.15, 0.2) is 75.9 Å². The molecule has 0 unspecified atom stereocenters. The Morgan fingerprint density at radius 3 is 2.09 bits per heavy atom. The quantitative estimate of drug-likeness (QED) is 0.417. The molecule has 1 aliphatic heterocycles. The third-order valence-corrected chi connectivity index (χ3v) is 5.65. The number of carbonyl (C=O) groups excluding carboxylic acids is 2. The van der Waals surface area contributed by atoms with E-state index in [9.17, 15) is 9.59 Å². The number of nitrogens with one attached hydrogen (secondary N) is 1. The Labute approximate surface area is 194 Å². The molecular formula is C24H20N4O6. The summed E-state index contributed by atoms with van der Waals surface area (Å²) in [6, 6.07) is 16.7. The van der Waals surface area contributed by atoms with Crippen molar-refractivity contribution in [2.24, 2.45) is 0 Å². The molecule has 1 saturated heterocycles. The number of rotatable bonds is 7. The van der Waals surface area contributed by atoms with E-state index in [1.807, 2.05) is 0 Å². The maximum absolute atomic E-state index is 13.9. The van der Waals surface area contributed by atoms with E-state index in [0.29, 0.717) is 28.4 Å². The number of amides is 3. The minimum Gasteiger partial charge on any atom is -0.497 e. The van der Waals surface area contributed by atoms with Crippen LogP contribution in [0.5, 0.6) is 11.5 Å². The number of ether oxygens (including phenoxy) is 2. The van der Waals surface area contributed by atoms with E-state index in [2.05, 4.69) is 15.5 Å².